The van der Waals surface area contributed by atoms with Crippen molar-refractivity contribution in [3.8, 4) is 44.5 Å². The van der Waals surface area contributed by atoms with E-state index in [1.165, 1.54) is 55.3 Å². The van der Waals surface area contributed by atoms with Crippen LogP contribution in [-0.2, 0) is 14.9 Å². The number of aliphatic imine (C=N–C) groups is 2. The van der Waals surface area contributed by atoms with Crippen LogP contribution in [0.5, 0.6) is 0 Å². The van der Waals surface area contributed by atoms with E-state index in [0.717, 1.165) is 33.6 Å². The topological polar surface area (TPSA) is 69.0 Å². The van der Waals surface area contributed by atoms with Gasteiger partial charge in [0, 0.05) is 23.5 Å². The van der Waals surface area contributed by atoms with Crippen molar-refractivity contribution in [2.24, 2.45) is 9.98 Å². The number of fused-ring (bicyclic) bond motifs is 12. The third-order valence-electron chi connectivity index (χ3n) is 14.1. The zero-order valence-corrected chi connectivity index (χ0v) is 34.8. The normalized spacial score (nSPS) is 19.0. The van der Waals surface area contributed by atoms with E-state index in [9.17, 15) is 0 Å². The van der Waals surface area contributed by atoms with Crippen molar-refractivity contribution >= 4 is 22.6 Å². The number of hydrogen-bond acceptors (Lipinski definition) is 6. The van der Waals surface area contributed by atoms with Gasteiger partial charge in [-0.2, -0.15) is 0 Å². The lowest BCUT2D eigenvalue weighted by molar-refractivity contribution is 0.0616. The van der Waals surface area contributed by atoms with E-state index in [-0.39, 0.29) is 11.1 Å². The number of benzene rings is 5. The lowest BCUT2D eigenvalue weighted by atomic mass is 9.69. The average molecular weight is 771 g/mol. The average Bonchev–Trinajstić information content (AvgIpc) is 3.85. The summed E-state index contributed by atoms with van der Waals surface area (Å²) in [4.78, 5) is 19.5. The minimum atomic E-state index is -0.515. The number of nitrogens with zero attached hydrogens (tertiary/aromatic N) is 4. The molecule has 0 saturated heterocycles. The van der Waals surface area contributed by atoms with E-state index in [1.54, 1.807) is 0 Å². The maximum atomic E-state index is 6.30. The monoisotopic (exact) mass is 770 g/mol. The molecule has 0 bridgehead atoms. The summed E-state index contributed by atoms with van der Waals surface area (Å²) in [6, 6.07) is 44.8. The molecular formula is C53H46N4O2. The molecule has 290 valence electrons. The molecule has 0 atom stereocenters. The second-order valence-corrected chi connectivity index (χ2v) is 18.6. The van der Waals surface area contributed by atoms with E-state index in [0.29, 0.717) is 11.8 Å². The van der Waals surface area contributed by atoms with Crippen LogP contribution in [0.1, 0.15) is 89.0 Å². The lowest BCUT2D eigenvalue weighted by Crippen LogP contribution is -2.41. The Kier molecular flexibility index (Phi) is 7.18. The Morgan fingerprint density at radius 3 is 1.41 bits per heavy atom. The zero-order valence-electron chi connectivity index (χ0n) is 34.8. The number of hydrogen-bond donors (Lipinski definition) is 0. The van der Waals surface area contributed by atoms with Gasteiger partial charge < -0.3 is 9.47 Å². The predicted octanol–water partition coefficient (Wildman–Crippen LogP) is 12.0. The van der Waals surface area contributed by atoms with E-state index >= 15 is 0 Å². The number of rotatable bonds is 4. The Hall–Kier alpha value is -6.40. The van der Waals surface area contributed by atoms with Gasteiger partial charge in [-0.3, -0.25) is 9.97 Å². The Morgan fingerprint density at radius 1 is 0.424 bits per heavy atom. The SMILES string of the molecule is CC1(C)N=C(c2ccc(-c3ccc4c(c3)C3(c5ccccc5-c5ccccc53)c3c-4ccc4cc(-c5ccc(C6=NC(C)(C)C(C)(C)O6)nc5)ccc34)cn2)OC1(C)C. The number of aromatic nitrogens is 2. The van der Waals surface area contributed by atoms with Gasteiger partial charge >= 0.3 is 0 Å². The van der Waals surface area contributed by atoms with Crippen molar-refractivity contribution in [3.05, 3.63) is 167 Å². The molecule has 0 radical (unpaired) electrons. The molecule has 2 aromatic heterocycles. The van der Waals surface area contributed by atoms with E-state index < -0.39 is 16.6 Å². The summed E-state index contributed by atoms with van der Waals surface area (Å²) in [5.74, 6) is 1.19. The molecule has 4 aliphatic rings. The van der Waals surface area contributed by atoms with Crippen LogP contribution in [0.4, 0.5) is 0 Å². The molecule has 1 spiro atoms. The highest BCUT2D eigenvalue weighted by atomic mass is 16.5. The fourth-order valence-electron chi connectivity index (χ4n) is 9.49. The second kappa shape index (κ2) is 11.8. The minimum Gasteiger partial charge on any atom is -0.468 e. The fraction of sp³-hybridized carbons (Fsp3) is 0.245. The van der Waals surface area contributed by atoms with Crippen LogP contribution in [-0.4, -0.2) is 44.0 Å². The van der Waals surface area contributed by atoms with Crippen LogP contribution in [0.15, 0.2) is 144 Å². The molecule has 4 heterocycles. The molecule has 5 aromatic carbocycles. The maximum Gasteiger partial charge on any atom is 0.236 e. The van der Waals surface area contributed by atoms with E-state index in [4.69, 9.17) is 29.4 Å². The molecule has 2 aliphatic heterocycles. The van der Waals surface area contributed by atoms with Gasteiger partial charge in [-0.05, 0) is 146 Å². The molecule has 0 fully saturated rings. The lowest BCUT2D eigenvalue weighted by Gasteiger charge is -2.31. The molecule has 6 heteroatoms. The molecule has 0 amide bonds. The summed E-state index contributed by atoms with van der Waals surface area (Å²) in [6.07, 6.45) is 3.90. The smallest absolute Gasteiger partial charge is 0.236 e. The highest BCUT2D eigenvalue weighted by Crippen LogP contribution is 2.64. The first-order valence-corrected chi connectivity index (χ1v) is 20.6. The van der Waals surface area contributed by atoms with E-state index in [1.807, 2.05) is 24.5 Å². The molecule has 7 aromatic rings. The van der Waals surface area contributed by atoms with Crippen LogP contribution in [0.3, 0.4) is 0 Å². The van der Waals surface area contributed by atoms with E-state index in [2.05, 4.69) is 165 Å². The number of pyridine rings is 2. The van der Waals surface area contributed by atoms with Gasteiger partial charge in [0.05, 0.1) is 16.5 Å². The van der Waals surface area contributed by atoms with Gasteiger partial charge in [0.1, 0.15) is 22.6 Å². The van der Waals surface area contributed by atoms with Crippen LogP contribution in [0.25, 0.3) is 55.3 Å². The molecule has 0 unspecified atom stereocenters. The molecule has 6 nitrogen and oxygen atoms in total. The molecule has 11 rings (SSSR count). The molecular weight excluding hydrogens is 725 g/mol. The van der Waals surface area contributed by atoms with Crippen molar-refractivity contribution in [3.63, 3.8) is 0 Å². The summed E-state index contributed by atoms with van der Waals surface area (Å²) in [5, 5.41) is 2.43. The fourth-order valence-corrected chi connectivity index (χ4v) is 9.49. The molecule has 0 saturated carbocycles. The first kappa shape index (κ1) is 35.7. The summed E-state index contributed by atoms with van der Waals surface area (Å²) >= 11 is 0. The Morgan fingerprint density at radius 2 is 0.898 bits per heavy atom. The third kappa shape index (κ3) is 4.92. The quantitative estimate of drug-likeness (QED) is 0.179. The molecule has 59 heavy (non-hydrogen) atoms. The van der Waals surface area contributed by atoms with Crippen molar-refractivity contribution < 1.29 is 9.47 Å². The molecule has 2 aliphatic carbocycles. The first-order valence-electron chi connectivity index (χ1n) is 20.6. The Balaban J connectivity index is 1.04. The van der Waals surface area contributed by atoms with Gasteiger partial charge in [-0.1, -0.05) is 97.1 Å². The Bertz CT molecular complexity index is 2940. The predicted molar refractivity (Wildman–Crippen MR) is 238 cm³/mol. The van der Waals surface area contributed by atoms with Gasteiger partial charge in [-0.25, -0.2) is 9.98 Å². The third-order valence-corrected chi connectivity index (χ3v) is 14.1. The van der Waals surface area contributed by atoms with Crippen molar-refractivity contribution in [2.75, 3.05) is 0 Å². The number of ether oxygens (including phenoxy) is 2. The summed E-state index contributed by atoms with van der Waals surface area (Å²) < 4.78 is 12.6. The van der Waals surface area contributed by atoms with Crippen LogP contribution >= 0.6 is 0 Å². The van der Waals surface area contributed by atoms with Crippen molar-refractivity contribution in [1.82, 2.24) is 9.97 Å². The minimum absolute atomic E-state index is 0.334. The maximum absolute atomic E-state index is 6.30. The molecule has 0 N–H and O–H groups in total. The van der Waals surface area contributed by atoms with Gasteiger partial charge in [0.25, 0.3) is 0 Å². The van der Waals surface area contributed by atoms with Crippen molar-refractivity contribution in [1.29, 1.82) is 0 Å². The van der Waals surface area contributed by atoms with Gasteiger partial charge in [-0.15, -0.1) is 0 Å². The highest BCUT2D eigenvalue weighted by molar-refractivity contribution is 6.05. The summed E-state index contributed by atoms with van der Waals surface area (Å²) in [7, 11) is 0. The Labute approximate surface area is 345 Å². The summed E-state index contributed by atoms with van der Waals surface area (Å²) in [5.41, 5.74) is 14.2. The van der Waals surface area contributed by atoms with Gasteiger partial charge in [0.2, 0.25) is 11.8 Å². The first-order chi connectivity index (χ1) is 28.2. The zero-order chi connectivity index (χ0) is 40.7. The highest BCUT2D eigenvalue weighted by Gasteiger charge is 2.53. The van der Waals surface area contributed by atoms with Gasteiger partial charge in [0.15, 0.2) is 0 Å². The largest absolute Gasteiger partial charge is 0.468 e. The standard InChI is InChI=1S/C53H46N4O2/c1-49(2)51(5,6)58-47(56-49)44-25-20-34(29-54-44)31-17-22-36-33(27-31)19-24-40-39-23-18-32(35-21-26-45(55-30-35)48-57-50(3,4)52(7,8)59-48)28-43(39)53(46(36)40)41-15-11-9-13-37(41)38-14-10-12-16-42(38)53/h9-30H,1-8H3. The van der Waals surface area contributed by atoms with Crippen LogP contribution in [0.2, 0.25) is 0 Å². The summed E-state index contributed by atoms with van der Waals surface area (Å²) in [6.45, 7) is 16.7. The van der Waals surface area contributed by atoms with Crippen LogP contribution in [0, 0.1) is 0 Å². The van der Waals surface area contributed by atoms with Crippen molar-refractivity contribution in [2.45, 2.75) is 83.1 Å². The van der Waals surface area contributed by atoms with Crippen LogP contribution < -0.4 is 0 Å². The second-order valence-electron chi connectivity index (χ2n) is 18.6.